The summed E-state index contributed by atoms with van der Waals surface area (Å²) in [6.45, 7) is 0. The maximum absolute atomic E-state index is 11.0. The van der Waals surface area contributed by atoms with Crippen LogP contribution in [0.1, 0.15) is 17.9 Å². The van der Waals surface area contributed by atoms with Crippen LogP contribution in [0, 0.1) is 5.92 Å². The topological polar surface area (TPSA) is 72.6 Å². The molecule has 1 aromatic heterocycles. The molecule has 0 spiro atoms. The number of ether oxygens (including phenoxy) is 1. The zero-order valence-corrected chi connectivity index (χ0v) is 11.1. The number of nitrogens with zero attached hydrogens (tertiary/aromatic N) is 1. The molecule has 104 valence electrons. The van der Waals surface area contributed by atoms with Crippen molar-refractivity contribution < 1.29 is 19.1 Å². The highest BCUT2D eigenvalue weighted by molar-refractivity contribution is 5.70. The molecule has 0 fully saturated rings. The number of rotatable bonds is 3. The molecule has 1 N–H and O–H groups in total. The number of carbonyl (C=O) groups is 1. The lowest BCUT2D eigenvalue weighted by molar-refractivity contribution is -0.142. The summed E-state index contributed by atoms with van der Waals surface area (Å²) in [4.78, 5) is 15.5. The van der Waals surface area contributed by atoms with Gasteiger partial charge in [0.2, 0.25) is 5.89 Å². The predicted octanol–water partition coefficient (Wildman–Crippen LogP) is 2.54. The minimum atomic E-state index is -0.762. The highest BCUT2D eigenvalue weighted by Gasteiger charge is 2.28. The Balaban J connectivity index is 1.92. The first-order valence-electron chi connectivity index (χ1n) is 6.53. The number of benzene rings is 1. The molecule has 0 aliphatic heterocycles. The molecular weight excluding hydrogens is 258 g/mol. The molecule has 5 heteroatoms. The third-order valence-corrected chi connectivity index (χ3v) is 3.60. The standard InChI is InChI=1S/C15H15NO4/c1-19-11-4-2-3-9(7-11)14-16-12-8-10(15(17)18)5-6-13(12)20-14/h2-4,7,10H,5-6,8H2,1H3,(H,17,18). The van der Waals surface area contributed by atoms with Gasteiger partial charge in [0.1, 0.15) is 11.5 Å². The van der Waals surface area contributed by atoms with E-state index in [9.17, 15) is 4.79 Å². The van der Waals surface area contributed by atoms with Gasteiger partial charge in [-0.05, 0) is 24.6 Å². The Morgan fingerprint density at radius 2 is 2.35 bits per heavy atom. The second-order valence-electron chi connectivity index (χ2n) is 4.90. The maximum atomic E-state index is 11.0. The minimum Gasteiger partial charge on any atom is -0.497 e. The summed E-state index contributed by atoms with van der Waals surface area (Å²) in [6, 6.07) is 7.48. The van der Waals surface area contributed by atoms with Crippen LogP contribution in [0.3, 0.4) is 0 Å². The van der Waals surface area contributed by atoms with Gasteiger partial charge in [-0.25, -0.2) is 4.98 Å². The largest absolute Gasteiger partial charge is 0.497 e. The Labute approximate surface area is 116 Å². The Morgan fingerprint density at radius 3 is 3.10 bits per heavy atom. The molecule has 1 heterocycles. The van der Waals surface area contributed by atoms with Crippen LogP contribution < -0.4 is 4.74 Å². The molecule has 1 atom stereocenters. The van der Waals surface area contributed by atoms with Gasteiger partial charge in [-0.3, -0.25) is 4.79 Å². The molecule has 1 aliphatic carbocycles. The number of oxazole rings is 1. The van der Waals surface area contributed by atoms with Crippen LogP contribution in [0.15, 0.2) is 28.7 Å². The van der Waals surface area contributed by atoms with E-state index in [1.165, 1.54) is 0 Å². The van der Waals surface area contributed by atoms with E-state index in [0.717, 1.165) is 22.8 Å². The number of aryl methyl sites for hydroxylation is 1. The van der Waals surface area contributed by atoms with E-state index in [-0.39, 0.29) is 5.92 Å². The van der Waals surface area contributed by atoms with Crippen LogP contribution in [0.25, 0.3) is 11.5 Å². The molecule has 0 saturated carbocycles. The molecule has 5 nitrogen and oxygen atoms in total. The molecule has 0 bridgehead atoms. The fraction of sp³-hybridized carbons (Fsp3) is 0.333. The van der Waals surface area contributed by atoms with E-state index in [1.54, 1.807) is 7.11 Å². The zero-order chi connectivity index (χ0) is 14.1. The summed E-state index contributed by atoms with van der Waals surface area (Å²) in [6.07, 6.45) is 1.68. The van der Waals surface area contributed by atoms with E-state index < -0.39 is 5.97 Å². The minimum absolute atomic E-state index is 0.356. The van der Waals surface area contributed by atoms with Crippen LogP contribution in [-0.4, -0.2) is 23.2 Å². The maximum Gasteiger partial charge on any atom is 0.306 e. The van der Waals surface area contributed by atoms with Gasteiger partial charge in [-0.15, -0.1) is 0 Å². The molecule has 1 unspecified atom stereocenters. The van der Waals surface area contributed by atoms with Crippen molar-refractivity contribution in [1.82, 2.24) is 4.98 Å². The van der Waals surface area contributed by atoms with Crippen LogP contribution in [0.4, 0.5) is 0 Å². The number of carboxylic acid groups (broad SMARTS) is 1. The van der Waals surface area contributed by atoms with Crippen LogP contribution in [0.5, 0.6) is 5.75 Å². The molecule has 1 aromatic carbocycles. The van der Waals surface area contributed by atoms with E-state index in [0.29, 0.717) is 25.2 Å². The molecule has 1 aliphatic rings. The number of fused-ring (bicyclic) bond motifs is 1. The normalized spacial score (nSPS) is 17.6. The van der Waals surface area contributed by atoms with Gasteiger partial charge in [0.05, 0.1) is 18.7 Å². The smallest absolute Gasteiger partial charge is 0.306 e. The number of aliphatic carboxylic acids is 1. The summed E-state index contributed by atoms with van der Waals surface area (Å²) in [5.41, 5.74) is 1.60. The molecule has 20 heavy (non-hydrogen) atoms. The van der Waals surface area contributed by atoms with Crippen molar-refractivity contribution in [3.63, 3.8) is 0 Å². The highest BCUT2D eigenvalue weighted by Crippen LogP contribution is 2.31. The van der Waals surface area contributed by atoms with Crippen molar-refractivity contribution in [2.45, 2.75) is 19.3 Å². The first-order chi connectivity index (χ1) is 9.67. The number of methoxy groups -OCH3 is 1. The first-order valence-corrected chi connectivity index (χ1v) is 6.53. The Bertz CT molecular complexity index is 647. The number of hydrogen-bond acceptors (Lipinski definition) is 4. The molecule has 0 saturated heterocycles. The lowest BCUT2D eigenvalue weighted by atomic mass is 9.90. The van der Waals surface area contributed by atoms with Crippen molar-refractivity contribution in [2.24, 2.45) is 5.92 Å². The van der Waals surface area contributed by atoms with Gasteiger partial charge in [0.25, 0.3) is 0 Å². The van der Waals surface area contributed by atoms with Crippen LogP contribution in [0.2, 0.25) is 0 Å². The van der Waals surface area contributed by atoms with Crippen molar-refractivity contribution >= 4 is 5.97 Å². The zero-order valence-electron chi connectivity index (χ0n) is 11.1. The summed E-state index contributed by atoms with van der Waals surface area (Å²) in [5.74, 6) is 0.953. The Hall–Kier alpha value is -2.30. The summed E-state index contributed by atoms with van der Waals surface area (Å²) in [7, 11) is 1.61. The van der Waals surface area contributed by atoms with Crippen LogP contribution in [-0.2, 0) is 17.6 Å². The average molecular weight is 273 g/mol. The molecule has 0 radical (unpaired) electrons. The van der Waals surface area contributed by atoms with Gasteiger partial charge in [-0.2, -0.15) is 0 Å². The van der Waals surface area contributed by atoms with Gasteiger partial charge in [0, 0.05) is 18.4 Å². The molecular formula is C15H15NO4. The van der Waals surface area contributed by atoms with E-state index in [2.05, 4.69) is 4.98 Å². The monoisotopic (exact) mass is 273 g/mol. The second kappa shape index (κ2) is 5.00. The quantitative estimate of drug-likeness (QED) is 0.930. The number of hydrogen-bond donors (Lipinski definition) is 1. The van der Waals surface area contributed by atoms with Crippen molar-refractivity contribution in [1.29, 1.82) is 0 Å². The summed E-state index contributed by atoms with van der Waals surface area (Å²) < 4.78 is 10.9. The number of aromatic nitrogens is 1. The second-order valence-corrected chi connectivity index (χ2v) is 4.90. The lowest BCUT2D eigenvalue weighted by Crippen LogP contribution is -2.21. The van der Waals surface area contributed by atoms with E-state index >= 15 is 0 Å². The van der Waals surface area contributed by atoms with Crippen molar-refractivity contribution in [3.05, 3.63) is 35.7 Å². The van der Waals surface area contributed by atoms with Crippen molar-refractivity contribution in [2.75, 3.05) is 7.11 Å². The SMILES string of the molecule is COc1cccc(-c2nc3c(o2)CCC(C(=O)O)C3)c1. The van der Waals surface area contributed by atoms with Gasteiger partial charge >= 0.3 is 5.97 Å². The van der Waals surface area contributed by atoms with Crippen LogP contribution >= 0.6 is 0 Å². The highest BCUT2D eigenvalue weighted by atomic mass is 16.5. The summed E-state index contributed by atoms with van der Waals surface area (Å²) in [5, 5.41) is 9.08. The van der Waals surface area contributed by atoms with Gasteiger partial charge < -0.3 is 14.3 Å². The van der Waals surface area contributed by atoms with E-state index in [1.807, 2.05) is 24.3 Å². The fourth-order valence-electron chi connectivity index (χ4n) is 2.47. The molecule has 0 amide bonds. The van der Waals surface area contributed by atoms with Gasteiger partial charge in [-0.1, -0.05) is 6.07 Å². The lowest BCUT2D eigenvalue weighted by Gasteiger charge is -2.15. The molecule has 2 aromatic rings. The molecule has 3 rings (SSSR count). The third kappa shape index (κ3) is 2.27. The summed E-state index contributed by atoms with van der Waals surface area (Å²) >= 11 is 0. The fourth-order valence-corrected chi connectivity index (χ4v) is 2.47. The first kappa shape index (κ1) is 12.7. The predicted molar refractivity (Wildman–Crippen MR) is 71.6 cm³/mol. The van der Waals surface area contributed by atoms with E-state index in [4.69, 9.17) is 14.3 Å². The van der Waals surface area contributed by atoms with Crippen molar-refractivity contribution in [3.8, 4) is 17.2 Å². The Morgan fingerprint density at radius 1 is 1.50 bits per heavy atom. The van der Waals surface area contributed by atoms with Gasteiger partial charge in [0.15, 0.2) is 0 Å². The third-order valence-electron chi connectivity index (χ3n) is 3.60. The number of carboxylic acids is 1. The Kier molecular flexibility index (Phi) is 3.18. The average Bonchev–Trinajstić information content (AvgIpc) is 2.90.